The fraction of sp³-hybridized carbons (Fsp3) is 0.308. The molecule has 0 spiro atoms. The number of nitrogens with two attached hydrogens (primary N) is 1. The van der Waals surface area contributed by atoms with E-state index in [-0.39, 0.29) is 5.88 Å². The largest absolute Gasteiger partial charge is 0.858 e. The Morgan fingerprint density at radius 1 is 1.06 bits per heavy atom. The molecule has 0 aliphatic carbocycles. The summed E-state index contributed by atoms with van der Waals surface area (Å²) in [5, 5.41) is 24.4. The van der Waals surface area contributed by atoms with Gasteiger partial charge < -0.3 is 15.9 Å². The van der Waals surface area contributed by atoms with E-state index in [1.807, 2.05) is 48.5 Å². The maximum atomic E-state index is 11.9. The van der Waals surface area contributed by atoms with Gasteiger partial charge in [0.1, 0.15) is 12.1 Å². The minimum absolute atomic E-state index is 0.218. The fourth-order valence-corrected chi connectivity index (χ4v) is 4.26. The average Bonchev–Trinajstić information content (AvgIpc) is 2.95. The first-order chi connectivity index (χ1) is 15.5. The van der Waals surface area contributed by atoms with Gasteiger partial charge in [-0.05, 0) is 70.5 Å². The van der Waals surface area contributed by atoms with Gasteiger partial charge in [0.25, 0.3) is 0 Å². The number of nitrogens with zero attached hydrogens (tertiary/aromatic N) is 3. The first-order valence-electron chi connectivity index (χ1n) is 11.2. The van der Waals surface area contributed by atoms with E-state index in [9.17, 15) is 10.2 Å². The van der Waals surface area contributed by atoms with Gasteiger partial charge in [0.15, 0.2) is 0 Å². The van der Waals surface area contributed by atoms with E-state index in [4.69, 9.17) is 5.73 Å². The molecule has 1 aliphatic heterocycles. The average molecular weight is 430 g/mol. The zero-order chi connectivity index (χ0) is 22.7. The van der Waals surface area contributed by atoms with E-state index in [1.165, 1.54) is 6.20 Å². The van der Waals surface area contributed by atoms with E-state index in [1.54, 1.807) is 0 Å². The van der Waals surface area contributed by atoms with Gasteiger partial charge in [0.2, 0.25) is 0 Å². The number of aliphatic hydroxyl groups is 1. The van der Waals surface area contributed by atoms with Crippen LogP contribution >= 0.6 is 0 Å². The van der Waals surface area contributed by atoms with Crippen molar-refractivity contribution < 1.29 is 10.2 Å². The Hall–Kier alpha value is -3.22. The van der Waals surface area contributed by atoms with Crippen LogP contribution in [0.15, 0.2) is 59.2 Å². The molecule has 2 aromatic carbocycles. The number of aliphatic imine (C=N–C) groups is 1. The Morgan fingerprint density at radius 3 is 2.53 bits per heavy atom. The van der Waals surface area contributed by atoms with Crippen molar-refractivity contribution in [1.29, 1.82) is 0 Å². The Kier molecular flexibility index (Phi) is 6.53. The van der Waals surface area contributed by atoms with E-state index in [2.05, 4.69) is 28.7 Å². The number of rotatable bonds is 7. The maximum Gasteiger partial charge on any atom is 0.130 e. The second-order valence-corrected chi connectivity index (χ2v) is 8.23. The highest BCUT2D eigenvalue weighted by Gasteiger charge is 2.22. The molecule has 3 aromatic rings. The van der Waals surface area contributed by atoms with E-state index in [0.717, 1.165) is 59.3 Å². The van der Waals surface area contributed by atoms with Gasteiger partial charge in [-0.15, -0.1) is 0 Å². The summed E-state index contributed by atoms with van der Waals surface area (Å²) < 4.78 is 0. The molecule has 4 rings (SSSR count). The Morgan fingerprint density at radius 2 is 1.78 bits per heavy atom. The molecule has 1 aromatic heterocycles. The van der Waals surface area contributed by atoms with Crippen LogP contribution < -0.4 is 10.8 Å². The summed E-state index contributed by atoms with van der Waals surface area (Å²) in [5.41, 5.74) is 10.8. The van der Waals surface area contributed by atoms with Crippen LogP contribution in [-0.4, -0.2) is 40.1 Å². The molecule has 6 nitrogen and oxygen atoms in total. The van der Waals surface area contributed by atoms with Crippen LogP contribution in [0.2, 0.25) is 0 Å². The van der Waals surface area contributed by atoms with Crippen molar-refractivity contribution in [2.45, 2.75) is 39.3 Å². The lowest BCUT2D eigenvalue weighted by Gasteiger charge is -2.28. The summed E-state index contributed by atoms with van der Waals surface area (Å²) in [5.74, 6) is 0.268. The quantitative estimate of drug-likeness (QED) is 0.549. The number of aromatic nitrogens is 1. The smallest absolute Gasteiger partial charge is 0.130 e. The molecule has 166 valence electrons. The minimum atomic E-state index is -0.676. The first kappa shape index (κ1) is 22.0. The minimum Gasteiger partial charge on any atom is -0.858 e. The molecule has 0 saturated carbocycles. The van der Waals surface area contributed by atoms with Crippen LogP contribution in [0.4, 0.5) is 5.69 Å². The van der Waals surface area contributed by atoms with Crippen LogP contribution in [0.5, 0.6) is 5.88 Å². The molecular weight excluding hydrogens is 400 g/mol. The predicted molar refractivity (Wildman–Crippen MR) is 129 cm³/mol. The van der Waals surface area contributed by atoms with Crippen molar-refractivity contribution in [1.82, 2.24) is 9.88 Å². The van der Waals surface area contributed by atoms with Gasteiger partial charge in [-0.2, -0.15) is 0 Å². The molecule has 0 saturated heterocycles. The summed E-state index contributed by atoms with van der Waals surface area (Å²) in [6.07, 6.45) is 5.26. The third kappa shape index (κ3) is 4.52. The summed E-state index contributed by atoms with van der Waals surface area (Å²) >= 11 is 0. The topological polar surface area (TPSA) is 97.8 Å². The lowest BCUT2D eigenvalue weighted by Crippen LogP contribution is -2.38. The number of aliphatic hydroxyl groups excluding tert-OH is 1. The first-order valence-corrected chi connectivity index (χ1v) is 11.2. The SMILES string of the molecule is CCCN(CCC)C(O)C1=Cc2ccc(-c3ccc4c([O-])nccc4c3)cc2N=C(N)C1. The van der Waals surface area contributed by atoms with Gasteiger partial charge >= 0.3 is 0 Å². The normalized spacial score (nSPS) is 14.6. The number of fused-ring (bicyclic) bond motifs is 2. The van der Waals surface area contributed by atoms with Gasteiger partial charge in [-0.25, -0.2) is 4.99 Å². The summed E-state index contributed by atoms with van der Waals surface area (Å²) in [7, 11) is 0. The molecule has 0 bridgehead atoms. The van der Waals surface area contributed by atoms with Crippen LogP contribution in [0.25, 0.3) is 28.0 Å². The summed E-state index contributed by atoms with van der Waals surface area (Å²) in [6, 6.07) is 13.6. The van der Waals surface area contributed by atoms with E-state index >= 15 is 0 Å². The van der Waals surface area contributed by atoms with Crippen molar-refractivity contribution in [2.75, 3.05) is 13.1 Å². The van der Waals surface area contributed by atoms with Crippen molar-refractivity contribution in [3.05, 3.63) is 59.8 Å². The second kappa shape index (κ2) is 9.51. The number of hydrogen-bond acceptors (Lipinski definition) is 6. The highest BCUT2D eigenvalue weighted by atomic mass is 16.3. The number of pyridine rings is 1. The third-order valence-corrected chi connectivity index (χ3v) is 5.78. The van der Waals surface area contributed by atoms with Crippen LogP contribution in [0.3, 0.4) is 0 Å². The second-order valence-electron chi connectivity index (χ2n) is 8.23. The van der Waals surface area contributed by atoms with Crippen LogP contribution in [0, 0.1) is 0 Å². The lowest BCUT2D eigenvalue weighted by atomic mass is 9.99. The molecule has 1 atom stereocenters. The summed E-state index contributed by atoms with van der Waals surface area (Å²) in [4.78, 5) is 10.6. The molecule has 0 fully saturated rings. The van der Waals surface area contributed by atoms with Crippen molar-refractivity contribution in [2.24, 2.45) is 10.7 Å². The van der Waals surface area contributed by atoms with Crippen LogP contribution in [0.1, 0.15) is 38.7 Å². The highest BCUT2D eigenvalue weighted by molar-refractivity contribution is 5.93. The van der Waals surface area contributed by atoms with Crippen molar-refractivity contribution >= 4 is 28.4 Å². The predicted octanol–water partition coefficient (Wildman–Crippen LogP) is 4.19. The molecule has 1 unspecified atom stereocenters. The molecule has 2 heterocycles. The number of hydrogen-bond donors (Lipinski definition) is 2. The molecule has 32 heavy (non-hydrogen) atoms. The number of benzene rings is 2. The van der Waals surface area contributed by atoms with Gasteiger partial charge in [0, 0.05) is 31.3 Å². The fourth-order valence-electron chi connectivity index (χ4n) is 4.26. The van der Waals surface area contributed by atoms with Gasteiger partial charge in [0.05, 0.1) is 5.69 Å². The summed E-state index contributed by atoms with van der Waals surface area (Å²) in [6.45, 7) is 5.89. The molecule has 0 radical (unpaired) electrons. The maximum absolute atomic E-state index is 11.9. The number of amidine groups is 1. The molecule has 3 N–H and O–H groups in total. The van der Waals surface area contributed by atoms with E-state index < -0.39 is 6.23 Å². The Balaban J connectivity index is 1.70. The lowest BCUT2D eigenvalue weighted by molar-refractivity contribution is -0.272. The monoisotopic (exact) mass is 429 g/mol. The van der Waals surface area contributed by atoms with E-state index in [0.29, 0.717) is 17.6 Å². The zero-order valence-electron chi connectivity index (χ0n) is 18.6. The van der Waals surface area contributed by atoms with Gasteiger partial charge in [-0.3, -0.25) is 9.88 Å². The van der Waals surface area contributed by atoms with Crippen LogP contribution in [-0.2, 0) is 0 Å². The standard InChI is InChI=1S/C26H30N4O2/c1-3-11-30(12-4-2)26(32)21-14-20-6-5-18(15-23(20)29-24(27)16-21)17-7-8-22-19(13-17)9-10-28-25(22)31/h5-10,13-15,26,32H,3-4,11-12,16H2,1-2H3,(H2,27,29)(H,28,31)/p-1. The molecule has 6 heteroatoms. The Labute approximate surface area is 188 Å². The third-order valence-electron chi connectivity index (χ3n) is 5.78. The van der Waals surface area contributed by atoms with Crippen molar-refractivity contribution in [3.8, 4) is 17.0 Å². The highest BCUT2D eigenvalue weighted by Crippen LogP contribution is 2.34. The van der Waals surface area contributed by atoms with Crippen molar-refractivity contribution in [3.63, 3.8) is 0 Å². The molecule has 1 aliphatic rings. The molecular formula is C26H29N4O2-. The van der Waals surface area contributed by atoms with Gasteiger partial charge in [-0.1, -0.05) is 38.1 Å². The molecule has 0 amide bonds. The Bertz CT molecular complexity index is 1180. The zero-order valence-corrected chi connectivity index (χ0v) is 18.6.